The zero-order valence-electron chi connectivity index (χ0n) is 39.8. The Bertz CT molecular complexity index is 1460. The van der Waals surface area contributed by atoms with Crippen LogP contribution in [0.1, 0.15) is 201 Å². The van der Waals surface area contributed by atoms with Crippen LogP contribution in [0.25, 0.3) is 0 Å². The quantitative estimate of drug-likeness (QED) is 0.0610. The summed E-state index contributed by atoms with van der Waals surface area (Å²) >= 11 is 0. The largest absolute Gasteiger partial charge is 0.550 e. The van der Waals surface area contributed by atoms with Crippen molar-refractivity contribution >= 4 is 22.1 Å². The molecule has 0 aromatic carbocycles. The molecule has 5 unspecified atom stereocenters. The molecular formula is C50H88N2O7S. The Morgan fingerprint density at radius 1 is 0.567 bits per heavy atom. The Morgan fingerprint density at radius 2 is 0.883 bits per heavy atom. The summed E-state index contributed by atoms with van der Waals surface area (Å²) in [7, 11) is -4.94. The monoisotopic (exact) mass is 861 g/mol. The highest BCUT2D eigenvalue weighted by Crippen LogP contribution is 2.25. The fourth-order valence-corrected chi connectivity index (χ4v) is 8.72. The normalized spacial score (nSPS) is 13.8. The predicted molar refractivity (Wildman–Crippen MR) is 243 cm³/mol. The summed E-state index contributed by atoms with van der Waals surface area (Å²) in [5.74, 6) is -0.679. The van der Waals surface area contributed by atoms with Gasteiger partial charge in [-0.3, -0.25) is 4.55 Å². The van der Waals surface area contributed by atoms with E-state index in [0.29, 0.717) is 0 Å². The Hall–Kier alpha value is -2.85. The van der Waals surface area contributed by atoms with E-state index in [1.807, 2.05) is 0 Å². The molecule has 2 heterocycles. The number of aliphatic carboxylic acids is 2. The number of aryl methyl sites for hydroxylation is 2. The molecule has 0 bridgehead atoms. The van der Waals surface area contributed by atoms with Crippen molar-refractivity contribution < 1.29 is 41.9 Å². The third kappa shape index (κ3) is 23.4. The molecule has 0 amide bonds. The van der Waals surface area contributed by atoms with Gasteiger partial charge in [0.1, 0.15) is 18.3 Å². The molecule has 10 heteroatoms. The molecule has 346 valence electrons. The Kier molecular flexibility index (Phi) is 32.1. The summed E-state index contributed by atoms with van der Waals surface area (Å²) in [5, 5.41) is 17.3. The zero-order chi connectivity index (χ0) is 45.5. The molecule has 0 aliphatic heterocycles. The number of hydrogen-bond acceptors (Lipinski definition) is 6. The summed E-state index contributed by atoms with van der Waals surface area (Å²) in [6.07, 6.45) is 29.9. The van der Waals surface area contributed by atoms with Gasteiger partial charge >= 0.3 is 0 Å². The maximum Gasteiger partial charge on any atom is 0.273 e. The molecule has 5 atom stereocenters. The van der Waals surface area contributed by atoms with Crippen molar-refractivity contribution in [2.24, 2.45) is 23.7 Å². The number of carbonyl (C=O) groups excluding carboxylic acids is 2. The number of hydrogen-bond donors (Lipinski definition) is 1. The summed E-state index contributed by atoms with van der Waals surface area (Å²) in [6, 6.07) is 9.34. The molecule has 0 saturated carbocycles. The number of nitrogens with zero attached hydrogens (tertiary/aromatic N) is 2. The first-order valence-corrected chi connectivity index (χ1v) is 25.5. The van der Waals surface area contributed by atoms with Crippen molar-refractivity contribution in [2.75, 3.05) is 0 Å². The first kappa shape index (κ1) is 57.1. The summed E-state index contributed by atoms with van der Waals surface area (Å²) < 4.78 is 33.5. The van der Waals surface area contributed by atoms with Gasteiger partial charge in [0, 0.05) is 48.5 Å². The van der Waals surface area contributed by atoms with E-state index in [0.717, 1.165) is 36.8 Å². The molecule has 60 heavy (non-hydrogen) atoms. The number of rotatable bonds is 30. The number of pyridine rings is 2. The molecule has 2 aromatic rings. The van der Waals surface area contributed by atoms with Gasteiger partial charge in [-0.2, -0.15) is 8.42 Å². The van der Waals surface area contributed by atoms with E-state index in [9.17, 15) is 28.2 Å². The van der Waals surface area contributed by atoms with E-state index < -0.39 is 33.7 Å². The summed E-state index contributed by atoms with van der Waals surface area (Å²) in [6.45, 7) is 25.5. The fourth-order valence-electron chi connectivity index (χ4n) is 8.13. The van der Waals surface area contributed by atoms with E-state index in [1.165, 1.54) is 128 Å². The van der Waals surface area contributed by atoms with Crippen LogP contribution in [-0.4, -0.2) is 30.2 Å². The van der Waals surface area contributed by atoms with Crippen molar-refractivity contribution in [3.63, 3.8) is 0 Å². The predicted octanol–water partition coefficient (Wildman–Crippen LogP) is 9.16. The lowest BCUT2D eigenvalue weighted by Crippen LogP contribution is -2.44. The van der Waals surface area contributed by atoms with Crippen LogP contribution in [0.4, 0.5) is 0 Å². The van der Waals surface area contributed by atoms with Crippen LogP contribution in [0.15, 0.2) is 36.7 Å². The third-order valence-electron chi connectivity index (χ3n) is 12.4. The molecule has 0 spiro atoms. The minimum Gasteiger partial charge on any atom is -0.550 e. The molecule has 9 nitrogen and oxygen atoms in total. The average Bonchev–Trinajstić information content (AvgIpc) is 3.23. The Morgan fingerprint density at radius 3 is 1.10 bits per heavy atom. The van der Waals surface area contributed by atoms with Gasteiger partial charge in [-0.1, -0.05) is 145 Å². The van der Waals surface area contributed by atoms with Crippen LogP contribution in [0.2, 0.25) is 0 Å². The second-order valence-corrected chi connectivity index (χ2v) is 18.5. The number of unbranched alkanes of at least 4 members (excludes halogenated alkanes) is 4. The highest BCUT2D eigenvalue weighted by atomic mass is 32.2. The fraction of sp³-hybridized carbons (Fsp3) is 0.760. The molecule has 2 aromatic heterocycles. The minimum atomic E-state index is -4.94. The second-order valence-electron chi connectivity index (χ2n) is 16.9. The van der Waals surface area contributed by atoms with Gasteiger partial charge in [-0.15, -0.1) is 0 Å². The lowest BCUT2D eigenvalue weighted by atomic mass is 9.87. The number of carboxylic acids is 2. The molecular weight excluding hydrogens is 773 g/mol. The van der Waals surface area contributed by atoms with Gasteiger partial charge in [0.2, 0.25) is 0 Å². The van der Waals surface area contributed by atoms with Gasteiger partial charge in [0.25, 0.3) is 10.1 Å². The Balaban J connectivity index is 0.000000922. The van der Waals surface area contributed by atoms with Crippen molar-refractivity contribution in [2.45, 2.75) is 222 Å². The van der Waals surface area contributed by atoms with Crippen LogP contribution in [0.3, 0.4) is 0 Å². The zero-order valence-corrected chi connectivity index (χ0v) is 40.6. The first-order valence-electron chi connectivity index (χ1n) is 24.0. The highest BCUT2D eigenvalue weighted by Gasteiger charge is 2.25. The lowest BCUT2D eigenvalue weighted by Gasteiger charge is -2.19. The second kappa shape index (κ2) is 33.7. The highest BCUT2D eigenvalue weighted by molar-refractivity contribution is 7.87. The lowest BCUT2D eigenvalue weighted by molar-refractivity contribution is -0.701. The van der Waals surface area contributed by atoms with Crippen molar-refractivity contribution in [1.82, 2.24) is 0 Å². The Labute approximate surface area is 367 Å². The molecule has 1 N–H and O–H groups in total. The van der Waals surface area contributed by atoms with E-state index >= 15 is 0 Å². The molecule has 0 aliphatic rings. The third-order valence-corrected chi connectivity index (χ3v) is 13.4. The van der Waals surface area contributed by atoms with Crippen LogP contribution in [0.5, 0.6) is 0 Å². The molecule has 0 radical (unpaired) electrons. The van der Waals surface area contributed by atoms with E-state index in [4.69, 9.17) is 4.55 Å². The van der Waals surface area contributed by atoms with Crippen LogP contribution in [-0.2, 0) is 58.5 Å². The molecule has 0 fully saturated rings. The van der Waals surface area contributed by atoms with Crippen LogP contribution < -0.4 is 19.3 Å². The number of aromatic nitrogens is 2. The summed E-state index contributed by atoms with van der Waals surface area (Å²) in [5.41, 5.74) is 6.49. The van der Waals surface area contributed by atoms with Crippen LogP contribution >= 0.6 is 0 Å². The van der Waals surface area contributed by atoms with Crippen molar-refractivity contribution in [3.8, 4) is 0 Å². The smallest absolute Gasteiger partial charge is 0.273 e. The van der Waals surface area contributed by atoms with Gasteiger partial charge in [-0.25, -0.2) is 9.13 Å². The standard InChI is InChI=1S/2C23H42N.C4H6O7S/c2*1-6-11-14-20(8-3)18-22-16-13-17-24(10-5)23(22)19-21(9-4)15-12-7-2;5-3(6)1-2(4(7)8)12(9,10)11/h2*13,16-17,20-21H,6-12,14-15,18-19H2,1-5H3;2H,1H2,(H,5,6)(H,7,8)(H,9,10,11)/q2*+1;/p-2. The average molecular weight is 861 g/mol. The van der Waals surface area contributed by atoms with E-state index in [-0.39, 0.29) is 0 Å². The first-order chi connectivity index (χ1) is 28.6. The maximum absolute atomic E-state index is 10.2. The number of carboxylic acid groups (broad SMARTS) is 2. The summed E-state index contributed by atoms with van der Waals surface area (Å²) in [4.78, 5) is 19.7. The van der Waals surface area contributed by atoms with Gasteiger partial charge in [0.15, 0.2) is 23.8 Å². The molecule has 2 rings (SSSR count). The van der Waals surface area contributed by atoms with Gasteiger partial charge in [-0.05, 0) is 75.3 Å². The van der Waals surface area contributed by atoms with Crippen LogP contribution in [0, 0.1) is 23.7 Å². The maximum atomic E-state index is 10.2. The molecule has 0 aliphatic carbocycles. The van der Waals surface area contributed by atoms with Gasteiger partial charge in [0.05, 0.1) is 5.97 Å². The van der Waals surface area contributed by atoms with Gasteiger partial charge < -0.3 is 19.8 Å². The van der Waals surface area contributed by atoms with Crippen molar-refractivity contribution in [1.29, 1.82) is 0 Å². The SMILES string of the molecule is CCCCC(CC)Cc1ccc[n+](CC)c1CC(CC)CCCC.CCCCC(CC)Cc1ccc[n+](CC)c1CC(CC)CCCC.O=C([O-])CC(C(=O)[O-])S(=O)(=O)O. The molecule has 0 saturated heterocycles. The number of carbonyl (C=O) groups is 2. The van der Waals surface area contributed by atoms with E-state index in [1.54, 1.807) is 22.5 Å². The topological polar surface area (TPSA) is 142 Å². The van der Waals surface area contributed by atoms with E-state index in [2.05, 4.69) is 115 Å². The van der Waals surface area contributed by atoms with Crippen molar-refractivity contribution in [3.05, 3.63) is 59.2 Å². The minimum absolute atomic E-state index is 0.847.